The molecule has 1 aromatic carbocycles. The van der Waals surface area contributed by atoms with Gasteiger partial charge in [-0.2, -0.15) is 0 Å². The van der Waals surface area contributed by atoms with E-state index in [1.807, 2.05) is 24.3 Å². The summed E-state index contributed by atoms with van der Waals surface area (Å²) in [6, 6.07) is 5.87. The first-order chi connectivity index (χ1) is 5.75. The van der Waals surface area contributed by atoms with E-state index in [1.165, 1.54) is 0 Å². The molecule has 0 unspecified atom stereocenters. The molecule has 0 saturated carbocycles. The Kier molecular flexibility index (Phi) is 3.98. The number of hydrogen-bond donors (Lipinski definition) is 1. The highest BCUT2D eigenvalue weighted by molar-refractivity contribution is 9.11. The summed E-state index contributed by atoms with van der Waals surface area (Å²) in [6.45, 7) is 0.0633. The Morgan fingerprint density at radius 2 is 1.83 bits per heavy atom. The van der Waals surface area contributed by atoms with Crippen molar-refractivity contribution in [2.75, 3.05) is 6.61 Å². The Balaban J connectivity index is 3.04. The quantitative estimate of drug-likeness (QED) is 0.887. The van der Waals surface area contributed by atoms with E-state index in [2.05, 4.69) is 31.9 Å². The van der Waals surface area contributed by atoms with E-state index in [-0.39, 0.29) is 6.61 Å². The summed E-state index contributed by atoms with van der Waals surface area (Å²) in [5.74, 6) is 0. The summed E-state index contributed by atoms with van der Waals surface area (Å²) < 4.78 is 2.03. The fourth-order valence-corrected chi connectivity index (χ4v) is 2.10. The van der Waals surface area contributed by atoms with Gasteiger partial charge in [-0.1, -0.05) is 50.1 Å². The minimum atomic E-state index is 0.0633. The van der Waals surface area contributed by atoms with Crippen LogP contribution >= 0.6 is 31.9 Å². The first-order valence-corrected chi connectivity index (χ1v) is 5.05. The Labute approximate surface area is 88.4 Å². The largest absolute Gasteiger partial charge is 0.392 e. The predicted octanol–water partition coefficient (Wildman–Crippen LogP) is 3.22. The van der Waals surface area contributed by atoms with Gasteiger partial charge in [0.15, 0.2) is 0 Å². The normalized spacial score (nSPS) is 10.9. The van der Waals surface area contributed by atoms with Gasteiger partial charge in [0, 0.05) is 14.5 Å². The van der Waals surface area contributed by atoms with Gasteiger partial charge >= 0.3 is 0 Å². The molecule has 0 saturated heterocycles. The molecule has 0 aromatic heterocycles. The van der Waals surface area contributed by atoms with Crippen molar-refractivity contribution in [3.8, 4) is 0 Å². The molecule has 1 aromatic rings. The summed E-state index contributed by atoms with van der Waals surface area (Å²) in [4.78, 5) is 0. The summed E-state index contributed by atoms with van der Waals surface area (Å²) in [5, 5.41) is 8.59. The lowest BCUT2D eigenvalue weighted by molar-refractivity contribution is 0.343. The van der Waals surface area contributed by atoms with Crippen molar-refractivity contribution in [1.82, 2.24) is 0 Å². The summed E-state index contributed by atoms with van der Waals surface area (Å²) >= 11 is 6.83. The lowest BCUT2D eigenvalue weighted by atomic mass is 10.2. The second-order valence-electron chi connectivity index (χ2n) is 2.22. The van der Waals surface area contributed by atoms with Crippen molar-refractivity contribution in [2.24, 2.45) is 0 Å². The Morgan fingerprint density at radius 3 is 2.33 bits per heavy atom. The molecule has 0 aliphatic heterocycles. The second-order valence-corrected chi connectivity index (χ2v) is 3.93. The van der Waals surface area contributed by atoms with E-state index in [0.717, 1.165) is 14.5 Å². The molecule has 0 amide bonds. The zero-order valence-corrected chi connectivity index (χ0v) is 9.47. The van der Waals surface area contributed by atoms with Gasteiger partial charge in [-0.25, -0.2) is 0 Å². The van der Waals surface area contributed by atoms with Crippen LogP contribution in [-0.4, -0.2) is 11.7 Å². The van der Waals surface area contributed by atoms with Crippen molar-refractivity contribution in [1.29, 1.82) is 0 Å². The van der Waals surface area contributed by atoms with Crippen LogP contribution in [0.4, 0.5) is 0 Å². The van der Waals surface area contributed by atoms with Gasteiger partial charge in [-0.3, -0.25) is 0 Å². The Bertz CT molecular complexity index is 274. The average Bonchev–Trinajstić information content (AvgIpc) is 2.04. The molecule has 0 radical (unpaired) electrons. The molecule has 1 N–H and O–H groups in total. The number of halogens is 2. The maximum Gasteiger partial charge on any atom is 0.0615 e. The number of aliphatic hydroxyl groups excluding tert-OH is 1. The SMILES string of the molecule is OCC=Cc1c(Br)cccc1Br. The number of aliphatic hydroxyl groups is 1. The van der Waals surface area contributed by atoms with E-state index >= 15 is 0 Å². The van der Waals surface area contributed by atoms with E-state index < -0.39 is 0 Å². The van der Waals surface area contributed by atoms with Crippen molar-refractivity contribution in [3.63, 3.8) is 0 Å². The lowest BCUT2D eigenvalue weighted by Gasteiger charge is -2.00. The Hall–Kier alpha value is -0.120. The minimum Gasteiger partial charge on any atom is -0.392 e. The van der Waals surface area contributed by atoms with E-state index in [0.29, 0.717) is 0 Å². The first kappa shape index (κ1) is 9.96. The monoisotopic (exact) mass is 290 g/mol. The summed E-state index contributed by atoms with van der Waals surface area (Å²) in [6.07, 6.45) is 3.57. The highest BCUT2D eigenvalue weighted by Gasteiger charge is 1.98. The topological polar surface area (TPSA) is 20.2 Å². The van der Waals surface area contributed by atoms with Gasteiger partial charge in [0.2, 0.25) is 0 Å². The van der Waals surface area contributed by atoms with Gasteiger partial charge in [0.05, 0.1) is 6.61 Å². The van der Waals surface area contributed by atoms with Crippen molar-refractivity contribution in [3.05, 3.63) is 38.8 Å². The standard InChI is InChI=1S/C9H8Br2O/c10-8-4-1-5-9(11)7(8)3-2-6-12/h1-5,12H,6H2. The smallest absolute Gasteiger partial charge is 0.0615 e. The Morgan fingerprint density at radius 1 is 1.25 bits per heavy atom. The molecule has 0 fully saturated rings. The van der Waals surface area contributed by atoms with Gasteiger partial charge in [0.25, 0.3) is 0 Å². The van der Waals surface area contributed by atoms with Gasteiger partial charge in [-0.15, -0.1) is 0 Å². The minimum absolute atomic E-state index is 0.0633. The van der Waals surface area contributed by atoms with Crippen LogP contribution in [0.3, 0.4) is 0 Å². The van der Waals surface area contributed by atoms with Gasteiger partial charge in [-0.05, 0) is 12.1 Å². The molecule has 64 valence electrons. The molecule has 0 aliphatic rings. The zero-order chi connectivity index (χ0) is 8.97. The molecule has 1 rings (SSSR count). The molecular formula is C9H8Br2O. The lowest BCUT2D eigenvalue weighted by Crippen LogP contribution is -1.79. The van der Waals surface area contributed by atoms with Crippen molar-refractivity contribution in [2.45, 2.75) is 0 Å². The molecule has 12 heavy (non-hydrogen) atoms. The second kappa shape index (κ2) is 4.80. The average molecular weight is 292 g/mol. The number of benzene rings is 1. The molecule has 3 heteroatoms. The van der Waals surface area contributed by atoms with Crippen LogP contribution in [0, 0.1) is 0 Å². The predicted molar refractivity (Wildman–Crippen MR) is 58.0 cm³/mol. The van der Waals surface area contributed by atoms with Gasteiger partial charge < -0.3 is 5.11 Å². The van der Waals surface area contributed by atoms with Crippen LogP contribution in [0.1, 0.15) is 5.56 Å². The third-order valence-electron chi connectivity index (χ3n) is 1.39. The summed E-state index contributed by atoms with van der Waals surface area (Å²) in [5.41, 5.74) is 1.05. The molecule has 0 heterocycles. The van der Waals surface area contributed by atoms with Crippen molar-refractivity contribution < 1.29 is 5.11 Å². The van der Waals surface area contributed by atoms with E-state index in [1.54, 1.807) is 6.08 Å². The molecule has 0 aliphatic carbocycles. The molecule has 0 atom stereocenters. The number of hydrogen-bond acceptors (Lipinski definition) is 1. The van der Waals surface area contributed by atoms with E-state index in [9.17, 15) is 0 Å². The van der Waals surface area contributed by atoms with Crippen LogP contribution in [0.2, 0.25) is 0 Å². The maximum absolute atomic E-state index is 8.59. The number of rotatable bonds is 2. The fraction of sp³-hybridized carbons (Fsp3) is 0.111. The zero-order valence-electron chi connectivity index (χ0n) is 6.30. The van der Waals surface area contributed by atoms with Crippen LogP contribution in [-0.2, 0) is 0 Å². The first-order valence-electron chi connectivity index (χ1n) is 3.47. The molecule has 1 nitrogen and oxygen atoms in total. The molecule has 0 spiro atoms. The van der Waals surface area contributed by atoms with Crippen LogP contribution in [0.25, 0.3) is 6.08 Å². The van der Waals surface area contributed by atoms with Crippen molar-refractivity contribution >= 4 is 37.9 Å². The van der Waals surface area contributed by atoms with E-state index in [4.69, 9.17) is 5.11 Å². The van der Waals surface area contributed by atoms with Crippen LogP contribution < -0.4 is 0 Å². The molecule has 0 bridgehead atoms. The third kappa shape index (κ3) is 2.44. The van der Waals surface area contributed by atoms with Gasteiger partial charge in [0.1, 0.15) is 0 Å². The van der Waals surface area contributed by atoms with Crippen LogP contribution in [0.15, 0.2) is 33.2 Å². The summed E-state index contributed by atoms with van der Waals surface area (Å²) in [7, 11) is 0. The highest BCUT2D eigenvalue weighted by Crippen LogP contribution is 2.26. The molecular weight excluding hydrogens is 284 g/mol. The fourth-order valence-electron chi connectivity index (χ4n) is 0.840. The van der Waals surface area contributed by atoms with Crippen LogP contribution in [0.5, 0.6) is 0 Å². The maximum atomic E-state index is 8.59. The third-order valence-corrected chi connectivity index (χ3v) is 2.77. The highest BCUT2D eigenvalue weighted by atomic mass is 79.9.